The molecule has 2 aromatic rings. The van der Waals surface area contributed by atoms with E-state index in [0.717, 1.165) is 10.9 Å². The number of aryl methyl sites for hydroxylation is 1. The van der Waals surface area contributed by atoms with Gasteiger partial charge in [-0.2, -0.15) is 40.2 Å². The molecule has 2 N–H and O–H groups in total. The van der Waals surface area contributed by atoms with Crippen LogP contribution < -0.4 is 10.1 Å². The van der Waals surface area contributed by atoms with Gasteiger partial charge in [-0.3, -0.25) is 14.5 Å². The number of carbonyl (C=O) groups is 1. The Morgan fingerprint density at radius 1 is 1.21 bits per heavy atom. The van der Waals surface area contributed by atoms with Gasteiger partial charge in [0.15, 0.2) is 11.6 Å². The van der Waals surface area contributed by atoms with Crippen LogP contribution in [-0.2, 0) is 22.8 Å². The fourth-order valence-corrected chi connectivity index (χ4v) is 6.13. The van der Waals surface area contributed by atoms with Gasteiger partial charge >= 0.3 is 19.0 Å². The molecule has 1 saturated carbocycles. The SMILES string of the molecule is CCn1nc(C(=O)NCC2(O)CCC(S(C)(=O)=O)CC2)c(Cl)c1-c1cnc(CC(C(F)(F)F)C(F)(F)F)cc1OC(F)F. The second-order valence-electron chi connectivity index (χ2n) is 10.2. The highest BCUT2D eigenvalue weighted by molar-refractivity contribution is 7.91. The third-order valence-corrected chi connectivity index (χ3v) is 9.09. The monoisotopic (exact) mass is 670 g/mol. The van der Waals surface area contributed by atoms with E-state index in [9.17, 15) is 53.4 Å². The van der Waals surface area contributed by atoms with E-state index in [0.29, 0.717) is 12.3 Å². The predicted molar refractivity (Wildman–Crippen MR) is 136 cm³/mol. The number of hydrogen-bond donors (Lipinski definition) is 2. The van der Waals surface area contributed by atoms with Crippen LogP contribution in [-0.4, -0.2) is 76.8 Å². The number of sulfone groups is 1. The number of ether oxygens (including phenoxy) is 1. The molecule has 0 aliphatic heterocycles. The molecule has 2 aromatic heterocycles. The van der Waals surface area contributed by atoms with Gasteiger partial charge < -0.3 is 15.2 Å². The van der Waals surface area contributed by atoms with Gasteiger partial charge in [-0.05, 0) is 32.6 Å². The van der Waals surface area contributed by atoms with Crippen LogP contribution in [0.3, 0.4) is 0 Å². The molecule has 0 aromatic carbocycles. The van der Waals surface area contributed by atoms with Gasteiger partial charge in [0.2, 0.25) is 0 Å². The third kappa shape index (κ3) is 8.47. The lowest BCUT2D eigenvalue weighted by atomic mass is 9.84. The zero-order chi connectivity index (χ0) is 32.5. The van der Waals surface area contributed by atoms with E-state index in [2.05, 4.69) is 20.1 Å². The number of rotatable bonds is 10. The Bertz CT molecular complexity index is 1410. The van der Waals surface area contributed by atoms with Crippen LogP contribution in [0.25, 0.3) is 11.3 Å². The first-order chi connectivity index (χ1) is 19.7. The zero-order valence-electron chi connectivity index (χ0n) is 22.6. The van der Waals surface area contributed by atoms with Crippen LogP contribution in [0.1, 0.15) is 48.8 Å². The molecule has 9 nitrogen and oxygen atoms in total. The highest BCUT2D eigenvalue weighted by Crippen LogP contribution is 2.43. The fraction of sp³-hybridized carbons (Fsp3) is 0.625. The quantitative estimate of drug-likeness (QED) is 0.343. The highest BCUT2D eigenvalue weighted by atomic mass is 35.5. The average molecular weight is 671 g/mol. The largest absolute Gasteiger partial charge is 0.434 e. The molecule has 0 bridgehead atoms. The van der Waals surface area contributed by atoms with Crippen molar-refractivity contribution < 1.29 is 58.2 Å². The number of pyridine rings is 1. The number of hydrogen-bond acceptors (Lipinski definition) is 7. The molecule has 1 aliphatic carbocycles. The minimum atomic E-state index is -5.70. The number of nitrogens with zero attached hydrogens (tertiary/aromatic N) is 3. The first kappa shape index (κ1) is 34.8. The second kappa shape index (κ2) is 12.7. The van der Waals surface area contributed by atoms with Crippen LogP contribution in [0, 0.1) is 5.92 Å². The van der Waals surface area contributed by atoms with Crippen molar-refractivity contribution in [2.24, 2.45) is 5.92 Å². The molecule has 0 spiro atoms. The van der Waals surface area contributed by atoms with Gasteiger partial charge in [0.05, 0.1) is 27.1 Å². The molecule has 0 unspecified atom stereocenters. The van der Waals surface area contributed by atoms with Gasteiger partial charge in [-0.1, -0.05) is 11.6 Å². The highest BCUT2D eigenvalue weighted by Gasteiger charge is 2.56. The second-order valence-corrected chi connectivity index (χ2v) is 12.9. The Morgan fingerprint density at radius 2 is 1.79 bits per heavy atom. The summed E-state index contributed by atoms with van der Waals surface area (Å²) in [6.07, 6.45) is -10.8. The van der Waals surface area contributed by atoms with Crippen LogP contribution in [0.5, 0.6) is 5.75 Å². The van der Waals surface area contributed by atoms with Crippen LogP contribution in [0.15, 0.2) is 12.3 Å². The topological polar surface area (TPSA) is 123 Å². The molecule has 2 heterocycles. The number of aliphatic hydroxyl groups is 1. The van der Waals surface area contributed by atoms with Gasteiger partial charge in [-0.15, -0.1) is 0 Å². The van der Waals surface area contributed by atoms with E-state index in [1.165, 1.54) is 6.92 Å². The van der Waals surface area contributed by atoms with Crippen LogP contribution >= 0.6 is 11.6 Å². The minimum absolute atomic E-state index is 0.0285. The molecule has 0 radical (unpaired) electrons. The van der Waals surface area contributed by atoms with Crippen molar-refractivity contribution in [3.05, 3.63) is 28.7 Å². The van der Waals surface area contributed by atoms with Gasteiger partial charge in [0.25, 0.3) is 5.91 Å². The summed E-state index contributed by atoms with van der Waals surface area (Å²) in [5.41, 5.74) is -3.35. The van der Waals surface area contributed by atoms with Crippen molar-refractivity contribution >= 4 is 27.3 Å². The summed E-state index contributed by atoms with van der Waals surface area (Å²) >= 11 is 6.37. The Hall–Kier alpha value is -2.73. The molecule has 19 heteroatoms. The average Bonchev–Trinajstić information content (AvgIpc) is 3.20. The summed E-state index contributed by atoms with van der Waals surface area (Å²) in [5.74, 6) is -5.59. The Labute approximate surface area is 245 Å². The number of nitrogens with one attached hydrogen (secondary N) is 1. The van der Waals surface area contributed by atoms with E-state index in [-0.39, 0.29) is 44.5 Å². The van der Waals surface area contributed by atoms with E-state index < -0.39 is 85.6 Å². The van der Waals surface area contributed by atoms with Gasteiger partial charge in [0, 0.05) is 43.7 Å². The Kier molecular flexibility index (Phi) is 10.3. The van der Waals surface area contributed by atoms with E-state index in [4.69, 9.17) is 11.6 Å². The maximum atomic E-state index is 13.2. The van der Waals surface area contributed by atoms with Gasteiger partial charge in [0.1, 0.15) is 15.6 Å². The normalized spacial score (nSPS) is 20.1. The molecule has 1 fully saturated rings. The molecular formula is C24H27ClF8N4O5S. The van der Waals surface area contributed by atoms with Crippen molar-refractivity contribution in [3.63, 3.8) is 0 Å². The van der Waals surface area contributed by atoms with Gasteiger partial charge in [-0.25, -0.2) is 8.42 Å². The lowest BCUT2D eigenvalue weighted by Crippen LogP contribution is -2.47. The number of alkyl halides is 8. The van der Waals surface area contributed by atoms with Crippen LogP contribution in [0.2, 0.25) is 5.02 Å². The summed E-state index contributed by atoms with van der Waals surface area (Å²) in [6, 6.07) is 0.497. The lowest BCUT2D eigenvalue weighted by Gasteiger charge is -2.35. The summed E-state index contributed by atoms with van der Waals surface area (Å²) in [4.78, 5) is 16.5. The molecular weight excluding hydrogens is 644 g/mol. The minimum Gasteiger partial charge on any atom is -0.434 e. The maximum absolute atomic E-state index is 13.2. The summed E-state index contributed by atoms with van der Waals surface area (Å²) in [7, 11) is -3.31. The molecule has 242 valence electrons. The molecule has 1 aliphatic rings. The smallest absolute Gasteiger partial charge is 0.400 e. The zero-order valence-corrected chi connectivity index (χ0v) is 24.1. The molecule has 43 heavy (non-hydrogen) atoms. The Morgan fingerprint density at radius 3 is 2.28 bits per heavy atom. The maximum Gasteiger partial charge on any atom is 0.400 e. The third-order valence-electron chi connectivity index (χ3n) is 7.05. The summed E-state index contributed by atoms with van der Waals surface area (Å²) < 4.78 is 134. The van der Waals surface area contributed by atoms with Crippen molar-refractivity contribution in [2.45, 2.75) is 75.4 Å². The van der Waals surface area contributed by atoms with Crippen molar-refractivity contribution in [1.82, 2.24) is 20.1 Å². The fourth-order valence-electron chi connectivity index (χ4n) is 4.72. The number of amides is 1. The molecule has 0 atom stereocenters. The Balaban J connectivity index is 1.91. The molecule has 3 rings (SSSR count). The van der Waals surface area contributed by atoms with E-state index in [1.807, 2.05) is 0 Å². The summed E-state index contributed by atoms with van der Waals surface area (Å²) in [6.45, 7) is -2.36. The van der Waals surface area contributed by atoms with E-state index in [1.54, 1.807) is 0 Å². The van der Waals surface area contributed by atoms with Crippen LogP contribution in [0.4, 0.5) is 35.1 Å². The number of aromatic nitrogens is 3. The standard InChI is InChI=1S/C24H27ClF8N4O5S/c1-3-37-19(14-10-34-12(8-15(14)42-21(26)27)9-16(23(28,29)30)24(31,32)33)17(25)18(36-37)20(38)35-11-22(39)6-4-13(5-7-22)43(2,40)41/h8,10,13,16,21,39H,3-7,9,11H2,1-2H3,(H,35,38). The van der Waals surface area contributed by atoms with Crippen molar-refractivity contribution in [2.75, 3.05) is 12.8 Å². The summed E-state index contributed by atoms with van der Waals surface area (Å²) in [5, 5.41) is 16.2. The van der Waals surface area contributed by atoms with E-state index >= 15 is 0 Å². The van der Waals surface area contributed by atoms with Crippen molar-refractivity contribution in [3.8, 4) is 17.0 Å². The van der Waals surface area contributed by atoms with Crippen molar-refractivity contribution in [1.29, 1.82) is 0 Å². The molecule has 0 saturated heterocycles. The number of halogens is 9. The number of carbonyl (C=O) groups excluding carboxylic acids is 1. The lowest BCUT2D eigenvalue weighted by molar-refractivity contribution is -0.283. The molecule has 1 amide bonds. The first-order valence-corrected chi connectivity index (χ1v) is 15.0. The first-order valence-electron chi connectivity index (χ1n) is 12.7. The predicted octanol–water partition coefficient (Wildman–Crippen LogP) is 4.95.